The van der Waals surface area contributed by atoms with Gasteiger partial charge in [-0.2, -0.15) is 0 Å². The lowest BCUT2D eigenvalue weighted by Gasteiger charge is -2.11. The zero-order chi connectivity index (χ0) is 18.4. The first kappa shape index (κ1) is 18.4. The van der Waals surface area contributed by atoms with Crippen molar-refractivity contribution in [3.63, 3.8) is 0 Å². The summed E-state index contributed by atoms with van der Waals surface area (Å²) in [6.45, 7) is 2.53. The number of benzene rings is 1. The van der Waals surface area contributed by atoms with Crippen LogP contribution in [0.5, 0.6) is 0 Å². The van der Waals surface area contributed by atoms with Gasteiger partial charge in [0.15, 0.2) is 5.13 Å². The van der Waals surface area contributed by atoms with Crippen molar-refractivity contribution < 1.29 is 9.59 Å². The highest BCUT2D eigenvalue weighted by Crippen LogP contribution is 2.19. The second-order valence-corrected chi connectivity index (χ2v) is 7.52. The fraction of sp³-hybridized carbons (Fsp3) is 0.421. The van der Waals surface area contributed by atoms with Gasteiger partial charge in [0.1, 0.15) is 0 Å². The zero-order valence-corrected chi connectivity index (χ0v) is 15.7. The van der Waals surface area contributed by atoms with Gasteiger partial charge >= 0.3 is 6.03 Å². The van der Waals surface area contributed by atoms with Crippen LogP contribution < -0.4 is 16.0 Å². The summed E-state index contributed by atoms with van der Waals surface area (Å²) in [5, 5.41) is 10.9. The average Bonchev–Trinajstić information content (AvgIpc) is 3.26. The average molecular weight is 372 g/mol. The Hall–Kier alpha value is -2.41. The lowest BCUT2D eigenvalue weighted by molar-refractivity contribution is -0.120. The van der Waals surface area contributed by atoms with Crippen LogP contribution in [-0.2, 0) is 17.8 Å². The van der Waals surface area contributed by atoms with Crippen LogP contribution in [0.1, 0.15) is 42.5 Å². The molecular formula is C19H24N4O2S. The normalized spacial score (nSPS) is 14.2. The molecule has 1 aliphatic carbocycles. The van der Waals surface area contributed by atoms with E-state index in [0.717, 1.165) is 18.4 Å². The number of anilines is 1. The summed E-state index contributed by atoms with van der Waals surface area (Å²) in [5.74, 6) is -0.0853. The molecule has 1 aliphatic rings. The molecule has 0 radical (unpaired) electrons. The number of urea groups is 1. The molecule has 138 valence electrons. The molecule has 0 unspecified atom stereocenters. The molecule has 1 saturated carbocycles. The summed E-state index contributed by atoms with van der Waals surface area (Å²) in [5.41, 5.74) is 2.92. The first-order valence-corrected chi connectivity index (χ1v) is 9.80. The first-order valence-electron chi connectivity index (χ1n) is 8.92. The Morgan fingerprint density at radius 3 is 2.65 bits per heavy atom. The van der Waals surface area contributed by atoms with Crippen LogP contribution in [-0.4, -0.2) is 23.0 Å². The van der Waals surface area contributed by atoms with E-state index in [9.17, 15) is 9.59 Å². The minimum atomic E-state index is -0.221. The molecule has 1 aromatic heterocycles. The van der Waals surface area contributed by atoms with E-state index in [4.69, 9.17) is 0 Å². The maximum absolute atomic E-state index is 12.1. The third kappa shape index (κ3) is 5.56. The number of nitrogens with zero attached hydrogens (tertiary/aromatic N) is 1. The minimum absolute atomic E-state index is 0.0853. The zero-order valence-electron chi connectivity index (χ0n) is 14.9. The summed E-state index contributed by atoms with van der Waals surface area (Å²) >= 11 is 1.33. The lowest BCUT2D eigenvalue weighted by atomic mass is 10.1. The van der Waals surface area contributed by atoms with Crippen LogP contribution in [0.3, 0.4) is 0 Å². The first-order chi connectivity index (χ1) is 12.6. The smallest absolute Gasteiger partial charge is 0.321 e. The molecule has 6 nitrogen and oxygen atoms in total. The maximum atomic E-state index is 12.1. The molecule has 1 fully saturated rings. The highest BCUT2D eigenvalue weighted by atomic mass is 32.1. The van der Waals surface area contributed by atoms with Gasteiger partial charge in [-0.3, -0.25) is 10.1 Å². The molecule has 0 spiro atoms. The maximum Gasteiger partial charge on any atom is 0.321 e. The summed E-state index contributed by atoms with van der Waals surface area (Å²) in [6, 6.07) is 8.10. The molecule has 0 aliphatic heterocycles. The van der Waals surface area contributed by atoms with Crippen molar-refractivity contribution >= 4 is 28.4 Å². The molecule has 1 heterocycles. The minimum Gasteiger partial charge on any atom is -0.352 e. The molecule has 7 heteroatoms. The monoisotopic (exact) mass is 372 g/mol. The van der Waals surface area contributed by atoms with E-state index in [-0.39, 0.29) is 24.4 Å². The Morgan fingerprint density at radius 1 is 1.19 bits per heavy atom. The van der Waals surface area contributed by atoms with Crippen LogP contribution in [0.2, 0.25) is 0 Å². The van der Waals surface area contributed by atoms with Crippen LogP contribution in [0.25, 0.3) is 0 Å². The summed E-state index contributed by atoms with van der Waals surface area (Å²) in [7, 11) is 0. The van der Waals surface area contributed by atoms with E-state index in [0.29, 0.717) is 17.4 Å². The fourth-order valence-electron chi connectivity index (χ4n) is 2.97. The van der Waals surface area contributed by atoms with Gasteiger partial charge in [0.2, 0.25) is 5.91 Å². The Balaban J connectivity index is 1.42. The van der Waals surface area contributed by atoms with E-state index in [1.807, 2.05) is 31.2 Å². The van der Waals surface area contributed by atoms with Crippen molar-refractivity contribution in [2.45, 2.75) is 51.6 Å². The largest absolute Gasteiger partial charge is 0.352 e. The number of thiazole rings is 1. The number of carbonyl (C=O) groups is 2. The van der Waals surface area contributed by atoms with Gasteiger partial charge < -0.3 is 10.6 Å². The molecule has 3 rings (SSSR count). The van der Waals surface area contributed by atoms with Gasteiger partial charge in [-0.25, -0.2) is 9.78 Å². The van der Waals surface area contributed by atoms with Crippen molar-refractivity contribution in [3.8, 4) is 0 Å². The SMILES string of the molecule is Cc1ccc(CNC(=O)Cc2csc(NC(=O)NC3CCCC3)n2)cc1. The standard InChI is InChI=1S/C19H24N4O2S/c1-13-6-8-14(9-7-13)11-20-17(24)10-16-12-26-19(22-16)23-18(25)21-15-4-2-3-5-15/h6-9,12,15H,2-5,10-11H2,1H3,(H,20,24)(H2,21,22,23,25). The second kappa shape index (κ2) is 8.80. The van der Waals surface area contributed by atoms with E-state index in [1.54, 1.807) is 5.38 Å². The number of rotatable bonds is 6. The number of carbonyl (C=O) groups excluding carboxylic acids is 2. The highest BCUT2D eigenvalue weighted by Gasteiger charge is 2.17. The van der Waals surface area contributed by atoms with E-state index in [1.165, 1.54) is 29.7 Å². The number of nitrogens with one attached hydrogen (secondary N) is 3. The summed E-state index contributed by atoms with van der Waals surface area (Å²) < 4.78 is 0. The number of aromatic nitrogens is 1. The molecule has 3 amide bonds. The van der Waals surface area contributed by atoms with Gasteiger partial charge in [0, 0.05) is 18.0 Å². The Kier molecular flexibility index (Phi) is 6.22. The van der Waals surface area contributed by atoms with Crippen molar-refractivity contribution in [2.24, 2.45) is 0 Å². The van der Waals surface area contributed by atoms with Crippen molar-refractivity contribution in [2.75, 3.05) is 5.32 Å². The van der Waals surface area contributed by atoms with Crippen molar-refractivity contribution in [1.29, 1.82) is 0 Å². The van der Waals surface area contributed by atoms with E-state index < -0.39 is 0 Å². The van der Waals surface area contributed by atoms with Crippen molar-refractivity contribution in [3.05, 3.63) is 46.5 Å². The van der Waals surface area contributed by atoms with Gasteiger partial charge in [0.25, 0.3) is 0 Å². The van der Waals surface area contributed by atoms with E-state index in [2.05, 4.69) is 20.9 Å². The third-order valence-corrected chi connectivity index (χ3v) is 5.22. The Morgan fingerprint density at radius 2 is 1.92 bits per heavy atom. The van der Waals surface area contributed by atoms with Gasteiger partial charge in [0.05, 0.1) is 12.1 Å². The number of hydrogen-bond acceptors (Lipinski definition) is 4. The molecular weight excluding hydrogens is 348 g/mol. The molecule has 0 atom stereocenters. The molecule has 0 bridgehead atoms. The van der Waals surface area contributed by atoms with Gasteiger partial charge in [-0.1, -0.05) is 42.7 Å². The Labute approximate surface area is 157 Å². The number of hydrogen-bond donors (Lipinski definition) is 3. The molecule has 26 heavy (non-hydrogen) atoms. The van der Waals surface area contributed by atoms with Gasteiger partial charge in [-0.15, -0.1) is 11.3 Å². The Bertz CT molecular complexity index is 751. The summed E-state index contributed by atoms with van der Waals surface area (Å²) in [6.07, 6.45) is 4.62. The third-order valence-electron chi connectivity index (χ3n) is 4.41. The molecule has 0 saturated heterocycles. The number of amides is 3. The quantitative estimate of drug-likeness (QED) is 0.727. The predicted molar refractivity (Wildman–Crippen MR) is 103 cm³/mol. The topological polar surface area (TPSA) is 83.1 Å². The number of aryl methyl sites for hydroxylation is 1. The van der Waals surface area contributed by atoms with Crippen molar-refractivity contribution in [1.82, 2.24) is 15.6 Å². The van der Waals surface area contributed by atoms with Crippen LogP contribution in [0.4, 0.5) is 9.93 Å². The summed E-state index contributed by atoms with van der Waals surface area (Å²) in [4.78, 5) is 28.3. The van der Waals surface area contributed by atoms with Crippen LogP contribution >= 0.6 is 11.3 Å². The molecule has 1 aromatic carbocycles. The second-order valence-electron chi connectivity index (χ2n) is 6.66. The van der Waals surface area contributed by atoms with Crippen LogP contribution in [0, 0.1) is 6.92 Å². The molecule has 2 aromatic rings. The fourth-order valence-corrected chi connectivity index (χ4v) is 3.67. The van der Waals surface area contributed by atoms with E-state index >= 15 is 0 Å². The van der Waals surface area contributed by atoms with Gasteiger partial charge in [-0.05, 0) is 25.3 Å². The predicted octanol–water partition coefficient (Wildman–Crippen LogP) is 3.37. The van der Waals surface area contributed by atoms with Crippen LogP contribution in [0.15, 0.2) is 29.6 Å². The lowest BCUT2D eigenvalue weighted by Crippen LogP contribution is -2.36. The molecule has 3 N–H and O–H groups in total. The highest BCUT2D eigenvalue weighted by molar-refractivity contribution is 7.13.